The number of hydrogen-bond acceptors (Lipinski definition) is 5. The molecular formula is C21H31N5O2. The van der Waals surface area contributed by atoms with Gasteiger partial charge in [0.25, 0.3) is 0 Å². The zero-order chi connectivity index (χ0) is 20.3. The summed E-state index contributed by atoms with van der Waals surface area (Å²) in [7, 11) is 1.93. The van der Waals surface area contributed by atoms with Gasteiger partial charge in [0.05, 0.1) is 0 Å². The minimum Gasteiger partial charge on any atom is -0.356 e. The van der Waals surface area contributed by atoms with Gasteiger partial charge in [-0.25, -0.2) is 9.97 Å². The molecule has 0 radical (unpaired) electrons. The zero-order valence-electron chi connectivity index (χ0n) is 17.2. The predicted octanol–water partition coefficient (Wildman–Crippen LogP) is 1.95. The molecule has 0 bridgehead atoms. The van der Waals surface area contributed by atoms with Crippen molar-refractivity contribution in [1.29, 1.82) is 0 Å². The van der Waals surface area contributed by atoms with E-state index >= 15 is 0 Å². The highest BCUT2D eigenvalue weighted by Gasteiger charge is 2.32. The van der Waals surface area contributed by atoms with Crippen molar-refractivity contribution in [2.75, 3.05) is 38.1 Å². The van der Waals surface area contributed by atoms with E-state index in [0.29, 0.717) is 13.1 Å². The fourth-order valence-electron chi connectivity index (χ4n) is 4.29. The fraction of sp³-hybridized carbons (Fsp3) is 0.619. The molecule has 0 aliphatic carbocycles. The predicted molar refractivity (Wildman–Crippen MR) is 109 cm³/mol. The minimum absolute atomic E-state index is 0.0176. The number of carbonyl (C=O) groups is 2. The molecular weight excluding hydrogens is 354 g/mol. The lowest BCUT2D eigenvalue weighted by molar-refractivity contribution is -0.140. The summed E-state index contributed by atoms with van der Waals surface area (Å²) in [6.07, 6.45) is 4.71. The van der Waals surface area contributed by atoms with Gasteiger partial charge in [-0.15, -0.1) is 0 Å². The van der Waals surface area contributed by atoms with Crippen molar-refractivity contribution in [3.05, 3.63) is 30.2 Å². The summed E-state index contributed by atoms with van der Waals surface area (Å²) in [5.41, 5.74) is 0.984. The van der Waals surface area contributed by atoms with Crippen LogP contribution in [0.4, 0.5) is 5.82 Å². The Bertz CT molecular complexity index is 714. The molecule has 0 atom stereocenters. The van der Waals surface area contributed by atoms with Crippen molar-refractivity contribution in [3.8, 4) is 0 Å². The first-order chi connectivity index (χ1) is 13.4. The summed E-state index contributed by atoms with van der Waals surface area (Å²) in [5.74, 6) is 1.98. The Hall–Kier alpha value is -2.44. The van der Waals surface area contributed by atoms with Crippen LogP contribution in [0.3, 0.4) is 0 Å². The molecule has 0 spiro atoms. The van der Waals surface area contributed by atoms with Gasteiger partial charge in [-0.2, -0.15) is 0 Å². The molecule has 0 N–H and O–H groups in total. The van der Waals surface area contributed by atoms with Crippen molar-refractivity contribution < 1.29 is 9.59 Å². The first kappa shape index (κ1) is 20.3. The third-order valence-electron chi connectivity index (χ3n) is 5.97. The molecule has 7 nitrogen and oxygen atoms in total. The van der Waals surface area contributed by atoms with E-state index in [4.69, 9.17) is 0 Å². The van der Waals surface area contributed by atoms with E-state index in [1.807, 2.05) is 31.9 Å². The standard InChI is InChI=1S/C21H31N5O2/c1-5-20(27)26-10-6-17(7-11-26)21(28)24(4)18-8-12-25(13-9-18)19-14-15(2)22-16(3)23-19/h5,14,17-18H,1,6-13H2,2-4H3. The summed E-state index contributed by atoms with van der Waals surface area (Å²) < 4.78 is 0. The first-order valence-electron chi connectivity index (χ1n) is 10.1. The maximum atomic E-state index is 13.0. The lowest BCUT2D eigenvalue weighted by Crippen LogP contribution is -2.49. The van der Waals surface area contributed by atoms with Gasteiger partial charge in [-0.3, -0.25) is 9.59 Å². The molecule has 0 unspecified atom stereocenters. The lowest BCUT2D eigenvalue weighted by atomic mass is 9.93. The third-order valence-corrected chi connectivity index (χ3v) is 5.97. The van der Waals surface area contributed by atoms with Gasteiger partial charge in [0, 0.05) is 56.9 Å². The minimum atomic E-state index is -0.0400. The van der Waals surface area contributed by atoms with Gasteiger partial charge in [0.2, 0.25) is 11.8 Å². The molecule has 0 saturated carbocycles. The molecule has 3 rings (SSSR count). The van der Waals surface area contributed by atoms with E-state index in [1.54, 1.807) is 4.90 Å². The monoisotopic (exact) mass is 385 g/mol. The largest absolute Gasteiger partial charge is 0.356 e. The Morgan fingerprint density at radius 2 is 1.75 bits per heavy atom. The van der Waals surface area contributed by atoms with E-state index in [1.165, 1.54) is 6.08 Å². The van der Waals surface area contributed by atoms with Gasteiger partial charge in [-0.1, -0.05) is 6.58 Å². The number of anilines is 1. The van der Waals surface area contributed by atoms with Crippen molar-refractivity contribution >= 4 is 17.6 Å². The van der Waals surface area contributed by atoms with Gasteiger partial charge < -0.3 is 14.7 Å². The number of nitrogens with zero attached hydrogens (tertiary/aromatic N) is 5. The molecule has 7 heteroatoms. The Morgan fingerprint density at radius 3 is 2.32 bits per heavy atom. The average Bonchev–Trinajstić information content (AvgIpc) is 2.71. The van der Waals surface area contributed by atoms with Gasteiger partial charge in [0.15, 0.2) is 0 Å². The molecule has 1 aromatic heterocycles. The van der Waals surface area contributed by atoms with Crippen LogP contribution in [0.25, 0.3) is 0 Å². The molecule has 2 fully saturated rings. The highest BCUT2D eigenvalue weighted by molar-refractivity contribution is 5.87. The van der Waals surface area contributed by atoms with Crippen molar-refractivity contribution in [3.63, 3.8) is 0 Å². The normalized spacial score (nSPS) is 18.8. The second kappa shape index (κ2) is 8.71. The Morgan fingerprint density at radius 1 is 1.11 bits per heavy atom. The van der Waals surface area contributed by atoms with E-state index < -0.39 is 0 Å². The molecule has 2 amide bonds. The van der Waals surface area contributed by atoms with Crippen LogP contribution in [0.1, 0.15) is 37.2 Å². The lowest BCUT2D eigenvalue weighted by Gasteiger charge is -2.39. The topological polar surface area (TPSA) is 69.6 Å². The summed E-state index contributed by atoms with van der Waals surface area (Å²) in [6.45, 7) is 10.5. The highest BCUT2D eigenvalue weighted by atomic mass is 16.2. The molecule has 152 valence electrons. The second-order valence-electron chi connectivity index (χ2n) is 7.89. The van der Waals surface area contributed by atoms with E-state index in [2.05, 4.69) is 21.4 Å². The van der Waals surface area contributed by atoms with E-state index in [0.717, 1.165) is 56.1 Å². The maximum Gasteiger partial charge on any atom is 0.245 e. The number of amides is 2. The van der Waals surface area contributed by atoms with Crippen molar-refractivity contribution in [2.45, 2.75) is 45.6 Å². The van der Waals surface area contributed by atoms with Crippen LogP contribution in [-0.2, 0) is 9.59 Å². The fourth-order valence-corrected chi connectivity index (χ4v) is 4.29. The van der Waals surface area contributed by atoms with Crippen LogP contribution >= 0.6 is 0 Å². The van der Waals surface area contributed by atoms with Crippen LogP contribution in [0.15, 0.2) is 18.7 Å². The highest BCUT2D eigenvalue weighted by Crippen LogP contribution is 2.25. The van der Waals surface area contributed by atoms with Crippen molar-refractivity contribution in [1.82, 2.24) is 19.8 Å². The molecule has 28 heavy (non-hydrogen) atoms. The quantitative estimate of drug-likeness (QED) is 0.741. The number of rotatable bonds is 4. The zero-order valence-corrected chi connectivity index (χ0v) is 17.2. The number of carbonyl (C=O) groups excluding carboxylic acids is 2. The number of hydrogen-bond donors (Lipinski definition) is 0. The Kier molecular flexibility index (Phi) is 6.31. The van der Waals surface area contributed by atoms with E-state index in [-0.39, 0.29) is 23.8 Å². The first-order valence-corrected chi connectivity index (χ1v) is 10.1. The molecule has 0 aromatic carbocycles. The Labute approximate surface area is 167 Å². The van der Waals surface area contributed by atoms with Crippen LogP contribution < -0.4 is 4.90 Å². The van der Waals surface area contributed by atoms with Gasteiger partial charge in [0.1, 0.15) is 11.6 Å². The van der Waals surface area contributed by atoms with Crippen LogP contribution in [0.2, 0.25) is 0 Å². The van der Waals surface area contributed by atoms with Gasteiger partial charge >= 0.3 is 0 Å². The molecule has 2 aliphatic rings. The van der Waals surface area contributed by atoms with Gasteiger partial charge in [-0.05, 0) is 45.6 Å². The summed E-state index contributed by atoms with van der Waals surface area (Å²) in [5, 5.41) is 0. The van der Waals surface area contributed by atoms with Crippen molar-refractivity contribution in [2.24, 2.45) is 5.92 Å². The van der Waals surface area contributed by atoms with Crippen LogP contribution in [-0.4, -0.2) is 70.9 Å². The van der Waals surface area contributed by atoms with Crippen LogP contribution in [0.5, 0.6) is 0 Å². The number of piperidine rings is 2. The van der Waals surface area contributed by atoms with Crippen LogP contribution in [0, 0.1) is 19.8 Å². The molecule has 2 aliphatic heterocycles. The summed E-state index contributed by atoms with van der Waals surface area (Å²) in [4.78, 5) is 39.6. The number of likely N-dealkylation sites (tertiary alicyclic amines) is 1. The average molecular weight is 386 g/mol. The number of aromatic nitrogens is 2. The SMILES string of the molecule is C=CC(=O)N1CCC(C(=O)N(C)C2CCN(c3cc(C)nc(C)n3)CC2)CC1. The van der Waals surface area contributed by atoms with E-state index in [9.17, 15) is 9.59 Å². The molecule has 1 aromatic rings. The Balaban J connectivity index is 1.52. The summed E-state index contributed by atoms with van der Waals surface area (Å²) >= 11 is 0. The second-order valence-corrected chi connectivity index (χ2v) is 7.89. The molecule has 2 saturated heterocycles. The maximum absolute atomic E-state index is 13.0. The summed E-state index contributed by atoms with van der Waals surface area (Å²) in [6, 6.07) is 2.29. The number of aryl methyl sites for hydroxylation is 2. The third kappa shape index (κ3) is 4.51. The smallest absolute Gasteiger partial charge is 0.245 e. The molecule has 3 heterocycles.